The molecule has 0 atom stereocenters. The predicted octanol–water partition coefficient (Wildman–Crippen LogP) is 2.48. The van der Waals surface area contributed by atoms with Crippen molar-refractivity contribution in [2.45, 2.75) is 33.1 Å². The van der Waals surface area contributed by atoms with Crippen molar-refractivity contribution in [1.29, 1.82) is 0 Å². The third-order valence-corrected chi connectivity index (χ3v) is 3.34. The minimum Gasteiger partial charge on any atom is -0.408 e. The van der Waals surface area contributed by atoms with Crippen LogP contribution in [0.25, 0.3) is 0 Å². The van der Waals surface area contributed by atoms with E-state index in [0.29, 0.717) is 29.6 Å². The van der Waals surface area contributed by atoms with Gasteiger partial charge in [0.2, 0.25) is 5.89 Å². The van der Waals surface area contributed by atoms with Gasteiger partial charge in [-0.05, 0) is 18.3 Å². The Morgan fingerprint density at radius 1 is 1.31 bits per heavy atom. The maximum atomic E-state index is 5.63. The number of rotatable bonds is 3. The zero-order chi connectivity index (χ0) is 11.6. The number of hydrogen-bond acceptors (Lipinski definition) is 4. The monoisotopic (exact) mass is 243 g/mol. The molecule has 0 aromatic carbocycles. The first-order chi connectivity index (χ1) is 7.61. The summed E-state index contributed by atoms with van der Waals surface area (Å²) < 4.78 is 5.55. The van der Waals surface area contributed by atoms with Crippen molar-refractivity contribution in [2.75, 3.05) is 23.9 Å². The van der Waals surface area contributed by atoms with Crippen molar-refractivity contribution in [1.82, 2.24) is 10.2 Å². The number of piperidine rings is 1. The first-order valence-corrected chi connectivity index (χ1v) is 6.27. The number of hydrogen-bond donors (Lipinski definition) is 0. The summed E-state index contributed by atoms with van der Waals surface area (Å²) in [7, 11) is 0. The van der Waals surface area contributed by atoms with E-state index in [1.165, 1.54) is 12.8 Å². The molecule has 1 saturated heterocycles. The highest BCUT2D eigenvalue weighted by Crippen LogP contribution is 2.31. The van der Waals surface area contributed by atoms with Crippen molar-refractivity contribution in [2.24, 2.45) is 5.41 Å². The molecule has 0 radical (unpaired) electrons. The topological polar surface area (TPSA) is 42.2 Å². The van der Waals surface area contributed by atoms with Gasteiger partial charge in [0.05, 0.1) is 0 Å². The maximum absolute atomic E-state index is 5.63. The van der Waals surface area contributed by atoms with Crippen LogP contribution in [-0.4, -0.2) is 29.2 Å². The fraction of sp³-hybridized carbons (Fsp3) is 0.818. The van der Waals surface area contributed by atoms with Crippen LogP contribution in [0.3, 0.4) is 0 Å². The Kier molecular flexibility index (Phi) is 3.38. The Balaban J connectivity index is 1.97. The average molecular weight is 244 g/mol. The highest BCUT2D eigenvalue weighted by atomic mass is 35.5. The Labute approximate surface area is 101 Å². The zero-order valence-electron chi connectivity index (χ0n) is 9.87. The fourth-order valence-electron chi connectivity index (χ4n) is 1.86. The summed E-state index contributed by atoms with van der Waals surface area (Å²) in [5.74, 6) is 1.16. The van der Waals surface area contributed by atoms with Crippen LogP contribution in [0, 0.1) is 5.41 Å². The van der Waals surface area contributed by atoms with Gasteiger partial charge in [-0.25, -0.2) is 0 Å². The molecule has 4 nitrogen and oxygen atoms in total. The fourth-order valence-corrected chi connectivity index (χ4v) is 2.02. The van der Waals surface area contributed by atoms with E-state index >= 15 is 0 Å². The van der Waals surface area contributed by atoms with Gasteiger partial charge in [0.15, 0.2) is 0 Å². The molecule has 90 valence electrons. The molecule has 0 bridgehead atoms. The van der Waals surface area contributed by atoms with Gasteiger partial charge in [-0.2, -0.15) is 0 Å². The molecule has 1 aromatic rings. The third kappa shape index (κ3) is 2.67. The minimum atomic E-state index is 0.440. The number of alkyl halides is 1. The van der Waals surface area contributed by atoms with Gasteiger partial charge in [-0.1, -0.05) is 18.9 Å². The Bertz CT molecular complexity index is 341. The molecule has 1 aliphatic rings. The lowest BCUT2D eigenvalue weighted by Crippen LogP contribution is -2.37. The van der Waals surface area contributed by atoms with Crippen LogP contribution in [0.1, 0.15) is 32.6 Å². The van der Waals surface area contributed by atoms with Gasteiger partial charge in [-0.15, -0.1) is 16.7 Å². The summed E-state index contributed by atoms with van der Waals surface area (Å²) in [5, 5.41) is 8.03. The van der Waals surface area contributed by atoms with E-state index in [1.807, 2.05) is 0 Å². The van der Waals surface area contributed by atoms with Crippen molar-refractivity contribution in [3.05, 3.63) is 5.89 Å². The maximum Gasteiger partial charge on any atom is 0.318 e. The molecular weight excluding hydrogens is 226 g/mol. The number of anilines is 1. The van der Waals surface area contributed by atoms with Crippen molar-refractivity contribution >= 4 is 17.6 Å². The molecule has 0 aliphatic carbocycles. The van der Waals surface area contributed by atoms with Crippen LogP contribution in [-0.2, 0) is 6.42 Å². The number of nitrogens with zero attached hydrogens (tertiary/aromatic N) is 3. The molecule has 0 N–H and O–H groups in total. The first kappa shape index (κ1) is 11.7. The molecular formula is C11H18ClN3O. The van der Waals surface area contributed by atoms with Crippen LogP contribution in [0.2, 0.25) is 0 Å². The van der Waals surface area contributed by atoms with E-state index in [4.69, 9.17) is 16.0 Å². The van der Waals surface area contributed by atoms with Gasteiger partial charge in [0.25, 0.3) is 0 Å². The normalized spacial score (nSPS) is 20.1. The Morgan fingerprint density at radius 2 is 2.00 bits per heavy atom. The second kappa shape index (κ2) is 4.62. The average Bonchev–Trinajstić information content (AvgIpc) is 2.67. The van der Waals surface area contributed by atoms with Crippen molar-refractivity contribution in [3.8, 4) is 0 Å². The summed E-state index contributed by atoms with van der Waals surface area (Å²) in [6.07, 6.45) is 2.98. The molecule has 2 heterocycles. The lowest BCUT2D eigenvalue weighted by Gasteiger charge is -2.35. The van der Waals surface area contributed by atoms with Crippen LogP contribution in [0.15, 0.2) is 4.42 Å². The van der Waals surface area contributed by atoms with Crippen molar-refractivity contribution in [3.63, 3.8) is 0 Å². The molecule has 1 aliphatic heterocycles. The molecule has 5 heteroatoms. The van der Waals surface area contributed by atoms with Crippen LogP contribution < -0.4 is 4.90 Å². The molecule has 0 unspecified atom stereocenters. The second-order valence-corrected chi connectivity index (χ2v) is 5.45. The van der Waals surface area contributed by atoms with Crippen molar-refractivity contribution < 1.29 is 4.42 Å². The van der Waals surface area contributed by atoms with Gasteiger partial charge in [0.1, 0.15) is 0 Å². The van der Waals surface area contributed by atoms with E-state index in [-0.39, 0.29) is 0 Å². The largest absolute Gasteiger partial charge is 0.408 e. The molecule has 0 saturated carbocycles. The Hall–Kier alpha value is -0.770. The Morgan fingerprint density at radius 3 is 2.62 bits per heavy atom. The van der Waals surface area contributed by atoms with Crippen LogP contribution >= 0.6 is 11.6 Å². The number of aryl methyl sites for hydroxylation is 1. The quantitative estimate of drug-likeness (QED) is 0.765. The standard InChI is InChI=1S/C11H18ClN3O/c1-11(2)4-7-15(8-5-11)10-14-13-9(16-10)3-6-12/h3-8H2,1-2H3. The summed E-state index contributed by atoms with van der Waals surface area (Å²) in [6.45, 7) is 6.60. The van der Waals surface area contributed by atoms with E-state index in [1.54, 1.807) is 0 Å². The molecule has 1 aromatic heterocycles. The van der Waals surface area contributed by atoms with Gasteiger partial charge >= 0.3 is 6.01 Å². The van der Waals surface area contributed by atoms with E-state index < -0.39 is 0 Å². The zero-order valence-corrected chi connectivity index (χ0v) is 10.6. The second-order valence-electron chi connectivity index (χ2n) is 5.07. The summed E-state index contributed by atoms with van der Waals surface area (Å²) in [5.41, 5.74) is 0.440. The van der Waals surface area contributed by atoms with Gasteiger partial charge in [0, 0.05) is 25.4 Å². The SMILES string of the molecule is CC1(C)CCN(c2nnc(CCCl)o2)CC1. The highest BCUT2D eigenvalue weighted by Gasteiger charge is 2.27. The number of halogens is 1. The smallest absolute Gasteiger partial charge is 0.318 e. The van der Waals surface area contributed by atoms with Gasteiger partial charge < -0.3 is 9.32 Å². The molecule has 2 rings (SSSR count). The minimum absolute atomic E-state index is 0.440. The first-order valence-electron chi connectivity index (χ1n) is 5.74. The lowest BCUT2D eigenvalue weighted by molar-refractivity contribution is 0.272. The van der Waals surface area contributed by atoms with E-state index in [0.717, 1.165) is 13.1 Å². The van der Waals surface area contributed by atoms with E-state index in [9.17, 15) is 0 Å². The summed E-state index contributed by atoms with van der Waals surface area (Å²) in [4.78, 5) is 2.16. The van der Waals surface area contributed by atoms with Crippen LogP contribution in [0.5, 0.6) is 0 Å². The molecule has 1 fully saturated rings. The predicted molar refractivity (Wildman–Crippen MR) is 64.0 cm³/mol. The molecule has 0 spiro atoms. The van der Waals surface area contributed by atoms with E-state index in [2.05, 4.69) is 28.9 Å². The summed E-state index contributed by atoms with van der Waals surface area (Å²) >= 11 is 5.63. The lowest BCUT2D eigenvalue weighted by atomic mass is 9.83. The third-order valence-electron chi connectivity index (χ3n) is 3.15. The summed E-state index contributed by atoms with van der Waals surface area (Å²) in [6, 6.07) is 0.649. The van der Waals surface area contributed by atoms with Gasteiger partial charge in [-0.3, -0.25) is 0 Å². The number of aromatic nitrogens is 2. The highest BCUT2D eigenvalue weighted by molar-refractivity contribution is 6.17. The van der Waals surface area contributed by atoms with Crippen LogP contribution in [0.4, 0.5) is 6.01 Å². The molecule has 16 heavy (non-hydrogen) atoms. The molecule has 0 amide bonds.